The molecule has 0 aliphatic carbocycles. The van der Waals surface area contributed by atoms with Crippen LogP contribution in [0.15, 0.2) is 47.1 Å². The number of rotatable bonds is 5. The first kappa shape index (κ1) is 21.3. The Kier molecular flexibility index (Phi) is 7.00. The third-order valence-electron chi connectivity index (χ3n) is 5.05. The van der Waals surface area contributed by atoms with Crippen molar-refractivity contribution in [2.24, 2.45) is 5.92 Å². The van der Waals surface area contributed by atoms with Gasteiger partial charge in [-0.25, -0.2) is 4.39 Å². The Morgan fingerprint density at radius 2 is 1.97 bits per heavy atom. The Morgan fingerprint density at radius 1 is 1.20 bits per heavy atom. The van der Waals surface area contributed by atoms with E-state index in [1.165, 1.54) is 24.3 Å². The molecule has 1 aliphatic heterocycles. The fraction of sp³-hybridized carbons (Fsp3) is 0.318. The van der Waals surface area contributed by atoms with Crippen LogP contribution < -0.4 is 10.6 Å². The Bertz CT molecular complexity index is 932. The monoisotopic (exact) mass is 413 g/mol. The quantitative estimate of drug-likeness (QED) is 0.582. The molecule has 30 heavy (non-hydrogen) atoms. The first-order chi connectivity index (χ1) is 14.4. The zero-order valence-corrected chi connectivity index (χ0v) is 16.7. The molecule has 3 amide bonds. The van der Waals surface area contributed by atoms with Crippen molar-refractivity contribution in [3.8, 4) is 0 Å². The number of furan rings is 1. The van der Waals surface area contributed by atoms with Crippen molar-refractivity contribution < 1.29 is 23.2 Å². The first-order valence-corrected chi connectivity index (χ1v) is 9.78. The summed E-state index contributed by atoms with van der Waals surface area (Å²) in [6.07, 6.45) is 6.12. The number of hydrogen-bond donors (Lipinski definition) is 2. The van der Waals surface area contributed by atoms with Crippen molar-refractivity contribution in [3.05, 3.63) is 59.8 Å². The van der Waals surface area contributed by atoms with Crippen LogP contribution in [0.2, 0.25) is 0 Å². The number of aryl methyl sites for hydroxylation is 1. The maximum atomic E-state index is 13.5. The number of carbonyl (C=O) groups is 3. The highest BCUT2D eigenvalue weighted by Gasteiger charge is 2.23. The van der Waals surface area contributed by atoms with Crippen molar-refractivity contribution in [3.63, 3.8) is 0 Å². The van der Waals surface area contributed by atoms with E-state index in [1.54, 1.807) is 36.3 Å². The summed E-state index contributed by atoms with van der Waals surface area (Å²) in [5.74, 6) is -1.35. The van der Waals surface area contributed by atoms with Crippen LogP contribution in [-0.4, -0.2) is 42.3 Å². The van der Waals surface area contributed by atoms with E-state index in [-0.39, 0.29) is 17.5 Å². The van der Waals surface area contributed by atoms with E-state index in [2.05, 4.69) is 10.6 Å². The standard InChI is InChI=1S/C22H24FN3O4/c1-15-4-5-17(13-19(15)23)25-22(29)21(28)24-14-16-8-10-26(11-9-16)20(27)7-6-18-3-2-12-30-18/h2-7,12-13,16H,8-11,14H2,1H3,(H,24,28)(H,25,29)/b7-6+. The summed E-state index contributed by atoms with van der Waals surface area (Å²) in [5, 5.41) is 5.00. The second kappa shape index (κ2) is 9.87. The molecule has 1 aliphatic rings. The minimum atomic E-state index is -0.839. The fourth-order valence-electron chi connectivity index (χ4n) is 3.18. The van der Waals surface area contributed by atoms with Crippen LogP contribution in [0.25, 0.3) is 6.08 Å². The van der Waals surface area contributed by atoms with Gasteiger partial charge in [-0.15, -0.1) is 0 Å². The van der Waals surface area contributed by atoms with Gasteiger partial charge in [0.2, 0.25) is 5.91 Å². The van der Waals surface area contributed by atoms with Crippen LogP contribution >= 0.6 is 0 Å². The van der Waals surface area contributed by atoms with Gasteiger partial charge < -0.3 is 20.0 Å². The van der Waals surface area contributed by atoms with E-state index < -0.39 is 17.6 Å². The summed E-state index contributed by atoms with van der Waals surface area (Å²) < 4.78 is 18.7. The number of halogens is 1. The van der Waals surface area contributed by atoms with Crippen LogP contribution in [0.4, 0.5) is 10.1 Å². The smallest absolute Gasteiger partial charge is 0.313 e. The molecule has 8 heteroatoms. The lowest BCUT2D eigenvalue weighted by molar-refractivity contribution is -0.136. The molecule has 158 valence electrons. The molecule has 0 spiro atoms. The Labute approximate surface area is 173 Å². The van der Waals surface area contributed by atoms with Gasteiger partial charge >= 0.3 is 11.8 Å². The van der Waals surface area contributed by atoms with Crippen molar-refractivity contribution in [1.82, 2.24) is 10.2 Å². The summed E-state index contributed by atoms with van der Waals surface area (Å²) in [6.45, 7) is 3.12. The van der Waals surface area contributed by atoms with Crippen molar-refractivity contribution in [1.29, 1.82) is 0 Å². The second-order valence-corrected chi connectivity index (χ2v) is 7.25. The number of hydrogen-bond acceptors (Lipinski definition) is 4. The van der Waals surface area contributed by atoms with E-state index in [9.17, 15) is 18.8 Å². The number of likely N-dealkylation sites (tertiary alicyclic amines) is 1. The van der Waals surface area contributed by atoms with Gasteiger partial charge in [0.15, 0.2) is 0 Å². The number of nitrogens with one attached hydrogen (secondary N) is 2. The molecule has 0 saturated carbocycles. The zero-order chi connectivity index (χ0) is 21.5. The highest BCUT2D eigenvalue weighted by Crippen LogP contribution is 2.17. The number of nitrogens with zero attached hydrogens (tertiary/aromatic N) is 1. The molecule has 2 heterocycles. The van der Waals surface area contributed by atoms with Gasteiger partial charge in [0.05, 0.1) is 6.26 Å². The molecular weight excluding hydrogens is 389 g/mol. The van der Waals surface area contributed by atoms with E-state index in [0.29, 0.717) is 31.0 Å². The molecule has 0 unspecified atom stereocenters. The average Bonchev–Trinajstić information content (AvgIpc) is 3.27. The van der Waals surface area contributed by atoms with E-state index in [4.69, 9.17) is 4.42 Å². The van der Waals surface area contributed by atoms with Gasteiger partial charge in [-0.2, -0.15) is 0 Å². The summed E-state index contributed by atoms with van der Waals surface area (Å²) >= 11 is 0. The zero-order valence-electron chi connectivity index (χ0n) is 16.7. The highest BCUT2D eigenvalue weighted by molar-refractivity contribution is 6.39. The normalized spacial score (nSPS) is 14.7. The number of piperidine rings is 1. The maximum Gasteiger partial charge on any atom is 0.313 e. The van der Waals surface area contributed by atoms with Gasteiger partial charge in [0.25, 0.3) is 0 Å². The predicted molar refractivity (Wildman–Crippen MR) is 110 cm³/mol. The molecule has 1 aromatic heterocycles. The molecule has 2 aromatic rings. The minimum Gasteiger partial charge on any atom is -0.465 e. The molecular formula is C22H24FN3O4. The largest absolute Gasteiger partial charge is 0.465 e. The van der Waals surface area contributed by atoms with E-state index in [0.717, 1.165) is 12.8 Å². The molecule has 0 atom stereocenters. The Morgan fingerprint density at radius 3 is 2.63 bits per heavy atom. The Balaban J connectivity index is 1.39. The van der Waals surface area contributed by atoms with Crippen molar-refractivity contribution in [2.45, 2.75) is 19.8 Å². The maximum absolute atomic E-state index is 13.5. The van der Waals surface area contributed by atoms with Crippen molar-refractivity contribution >= 4 is 29.5 Å². The predicted octanol–water partition coefficient (Wildman–Crippen LogP) is 2.73. The molecule has 1 saturated heterocycles. The SMILES string of the molecule is Cc1ccc(NC(=O)C(=O)NCC2CCN(C(=O)/C=C/c3ccco3)CC2)cc1F. The van der Waals surface area contributed by atoms with E-state index >= 15 is 0 Å². The highest BCUT2D eigenvalue weighted by atomic mass is 19.1. The van der Waals surface area contributed by atoms with Crippen molar-refractivity contribution in [2.75, 3.05) is 25.0 Å². The number of anilines is 1. The van der Waals surface area contributed by atoms with Gasteiger partial charge in [-0.3, -0.25) is 14.4 Å². The minimum absolute atomic E-state index is 0.0846. The summed E-state index contributed by atoms with van der Waals surface area (Å²) in [6, 6.07) is 7.76. The number of benzene rings is 1. The lowest BCUT2D eigenvalue weighted by Crippen LogP contribution is -2.43. The first-order valence-electron chi connectivity index (χ1n) is 9.78. The van der Waals surface area contributed by atoms with Gasteiger partial charge in [-0.1, -0.05) is 6.07 Å². The molecule has 3 rings (SSSR count). The molecule has 7 nitrogen and oxygen atoms in total. The summed E-state index contributed by atoms with van der Waals surface area (Å²) in [4.78, 5) is 38.0. The second-order valence-electron chi connectivity index (χ2n) is 7.25. The van der Waals surface area contributed by atoms with E-state index in [1.807, 2.05) is 0 Å². The average molecular weight is 413 g/mol. The van der Waals surface area contributed by atoms with Crippen LogP contribution in [0.3, 0.4) is 0 Å². The van der Waals surface area contributed by atoms with Crippen LogP contribution in [0.5, 0.6) is 0 Å². The summed E-state index contributed by atoms with van der Waals surface area (Å²) in [7, 11) is 0. The van der Waals surface area contributed by atoms with Crippen LogP contribution in [-0.2, 0) is 14.4 Å². The lowest BCUT2D eigenvalue weighted by Gasteiger charge is -2.31. The number of amides is 3. The van der Waals surface area contributed by atoms with Gasteiger partial charge in [-0.05, 0) is 61.6 Å². The lowest BCUT2D eigenvalue weighted by atomic mass is 9.96. The topological polar surface area (TPSA) is 91.7 Å². The van der Waals surface area contributed by atoms with Gasteiger partial charge in [0, 0.05) is 31.4 Å². The molecule has 2 N–H and O–H groups in total. The van der Waals surface area contributed by atoms with Crippen LogP contribution in [0.1, 0.15) is 24.2 Å². The third-order valence-corrected chi connectivity index (χ3v) is 5.05. The fourth-order valence-corrected chi connectivity index (χ4v) is 3.18. The molecule has 1 fully saturated rings. The molecule has 1 aromatic carbocycles. The van der Waals surface area contributed by atoms with Gasteiger partial charge in [0.1, 0.15) is 11.6 Å². The van der Waals surface area contributed by atoms with Crippen LogP contribution in [0, 0.1) is 18.7 Å². The Hall–Kier alpha value is -3.42. The third kappa shape index (κ3) is 5.79. The molecule has 0 bridgehead atoms. The molecule has 0 radical (unpaired) electrons. The summed E-state index contributed by atoms with van der Waals surface area (Å²) in [5.41, 5.74) is 0.686. The number of carbonyl (C=O) groups excluding carboxylic acids is 3.